The minimum Gasteiger partial charge on any atom is -0.478 e. The van der Waals surface area contributed by atoms with Crippen molar-refractivity contribution in [3.63, 3.8) is 0 Å². The maximum Gasteiger partial charge on any atom is 0.338 e. The summed E-state index contributed by atoms with van der Waals surface area (Å²) in [5, 5.41) is 9.34. The lowest BCUT2D eigenvalue weighted by atomic mass is 10.0. The van der Waals surface area contributed by atoms with Crippen LogP contribution in [-0.2, 0) is 6.54 Å². The summed E-state index contributed by atoms with van der Waals surface area (Å²) in [5.41, 5.74) is 0.337. The first-order valence-electron chi connectivity index (χ1n) is 6.56. The summed E-state index contributed by atoms with van der Waals surface area (Å²) in [6.45, 7) is 1.65. The predicted molar refractivity (Wildman–Crippen MR) is 77.7 cm³/mol. The number of fused-ring (bicyclic) bond motifs is 1. The highest BCUT2D eigenvalue weighted by Crippen LogP contribution is 2.22. The van der Waals surface area contributed by atoms with Crippen LogP contribution in [0.5, 0.6) is 0 Å². The van der Waals surface area contributed by atoms with E-state index in [4.69, 9.17) is 4.42 Å². The summed E-state index contributed by atoms with van der Waals surface area (Å²) in [6.07, 6.45) is 2.91. The minimum absolute atomic E-state index is 0.0717. The number of carbonyl (C=O) groups is 1. The van der Waals surface area contributed by atoms with E-state index in [9.17, 15) is 19.1 Å². The third kappa shape index (κ3) is 2.09. The van der Waals surface area contributed by atoms with Gasteiger partial charge >= 0.3 is 5.97 Å². The topological polar surface area (TPSA) is 72.4 Å². The number of pyridine rings is 1. The maximum absolute atomic E-state index is 14.1. The second kappa shape index (κ2) is 5.14. The van der Waals surface area contributed by atoms with E-state index < -0.39 is 17.3 Å². The summed E-state index contributed by atoms with van der Waals surface area (Å²) in [5.74, 6) is -1.93. The monoisotopic (exact) mass is 301 g/mol. The van der Waals surface area contributed by atoms with Gasteiger partial charge < -0.3 is 14.1 Å². The molecule has 112 valence electrons. The van der Waals surface area contributed by atoms with Crippen LogP contribution in [0.25, 0.3) is 10.8 Å². The summed E-state index contributed by atoms with van der Waals surface area (Å²) >= 11 is 0. The standard InChI is InChI=1S/C16H12FNO4/c1-9-13(16(20)21)11-3-2-4-12(17)14(11)15(19)18(9)7-10-5-6-22-8-10/h2-6,8H,7H2,1H3,(H,20,21). The third-order valence-electron chi connectivity index (χ3n) is 3.64. The molecule has 0 aliphatic heterocycles. The lowest BCUT2D eigenvalue weighted by molar-refractivity contribution is 0.0697. The Bertz CT molecular complexity index is 925. The number of benzene rings is 1. The molecular weight excluding hydrogens is 289 g/mol. The zero-order valence-corrected chi connectivity index (χ0v) is 11.7. The number of furan rings is 1. The van der Waals surface area contributed by atoms with Crippen LogP contribution in [0.2, 0.25) is 0 Å². The predicted octanol–water partition coefficient (Wildman–Crippen LogP) is 2.79. The molecule has 3 rings (SSSR count). The normalized spacial score (nSPS) is 11.0. The van der Waals surface area contributed by atoms with Crippen LogP contribution in [0.3, 0.4) is 0 Å². The first-order chi connectivity index (χ1) is 10.5. The van der Waals surface area contributed by atoms with Crippen LogP contribution in [0, 0.1) is 12.7 Å². The third-order valence-corrected chi connectivity index (χ3v) is 3.64. The summed E-state index contributed by atoms with van der Waals surface area (Å²) in [4.78, 5) is 24.1. The molecule has 6 heteroatoms. The molecule has 22 heavy (non-hydrogen) atoms. The highest BCUT2D eigenvalue weighted by atomic mass is 19.1. The first kappa shape index (κ1) is 14.1. The van der Waals surface area contributed by atoms with Gasteiger partial charge in [-0.1, -0.05) is 12.1 Å². The molecule has 0 spiro atoms. The second-order valence-electron chi connectivity index (χ2n) is 4.95. The van der Waals surface area contributed by atoms with Crippen molar-refractivity contribution in [2.45, 2.75) is 13.5 Å². The fourth-order valence-electron chi connectivity index (χ4n) is 2.59. The van der Waals surface area contributed by atoms with Crippen molar-refractivity contribution in [3.8, 4) is 0 Å². The Balaban J connectivity index is 2.40. The maximum atomic E-state index is 14.1. The van der Waals surface area contributed by atoms with Crippen molar-refractivity contribution >= 4 is 16.7 Å². The molecule has 0 amide bonds. The van der Waals surface area contributed by atoms with Crippen molar-refractivity contribution in [1.82, 2.24) is 4.57 Å². The fraction of sp³-hybridized carbons (Fsp3) is 0.125. The summed E-state index contributed by atoms with van der Waals surface area (Å²) < 4.78 is 20.3. The molecule has 0 radical (unpaired) electrons. The summed E-state index contributed by atoms with van der Waals surface area (Å²) in [7, 11) is 0. The van der Waals surface area contributed by atoms with Crippen molar-refractivity contribution in [3.05, 3.63) is 69.8 Å². The van der Waals surface area contributed by atoms with E-state index in [0.29, 0.717) is 5.56 Å². The van der Waals surface area contributed by atoms with Gasteiger partial charge in [-0.25, -0.2) is 9.18 Å². The van der Waals surface area contributed by atoms with Gasteiger partial charge in [-0.2, -0.15) is 0 Å². The van der Waals surface area contributed by atoms with Crippen molar-refractivity contribution < 1.29 is 18.7 Å². The smallest absolute Gasteiger partial charge is 0.338 e. The van der Waals surface area contributed by atoms with E-state index in [1.54, 1.807) is 6.07 Å². The Kier molecular flexibility index (Phi) is 3.29. The van der Waals surface area contributed by atoms with Gasteiger partial charge in [0.05, 0.1) is 30.0 Å². The molecule has 2 heterocycles. The number of rotatable bonds is 3. The van der Waals surface area contributed by atoms with E-state index >= 15 is 0 Å². The Hall–Kier alpha value is -2.89. The molecule has 0 aliphatic rings. The van der Waals surface area contributed by atoms with Crippen LogP contribution >= 0.6 is 0 Å². The van der Waals surface area contributed by atoms with Gasteiger partial charge in [0.2, 0.25) is 0 Å². The highest BCUT2D eigenvalue weighted by molar-refractivity contribution is 6.04. The Morgan fingerprint density at radius 1 is 1.36 bits per heavy atom. The number of aromatic carboxylic acids is 1. The number of carboxylic acids is 1. The number of halogens is 1. The number of nitrogens with zero attached hydrogens (tertiary/aromatic N) is 1. The molecule has 0 aliphatic carbocycles. The molecule has 0 fully saturated rings. The van der Waals surface area contributed by atoms with E-state index in [2.05, 4.69) is 0 Å². The molecule has 0 bridgehead atoms. The lowest BCUT2D eigenvalue weighted by Crippen LogP contribution is -2.26. The van der Waals surface area contributed by atoms with Gasteiger partial charge in [0.25, 0.3) is 5.56 Å². The molecule has 1 N–H and O–H groups in total. The Labute approximate surface area is 124 Å². The molecule has 0 atom stereocenters. The number of hydrogen-bond donors (Lipinski definition) is 1. The van der Waals surface area contributed by atoms with Gasteiger partial charge in [0, 0.05) is 16.6 Å². The molecule has 3 aromatic rings. The number of aromatic nitrogens is 1. The SMILES string of the molecule is Cc1c(C(=O)O)c2cccc(F)c2c(=O)n1Cc1ccoc1. The average Bonchev–Trinajstić information content (AvgIpc) is 2.96. The van der Waals surface area contributed by atoms with Gasteiger partial charge in [-0.15, -0.1) is 0 Å². The van der Waals surface area contributed by atoms with E-state index in [1.165, 1.54) is 36.1 Å². The molecule has 0 saturated carbocycles. The first-order valence-corrected chi connectivity index (χ1v) is 6.56. The quantitative estimate of drug-likeness (QED) is 0.807. The van der Waals surface area contributed by atoms with Crippen molar-refractivity contribution in [1.29, 1.82) is 0 Å². The fourth-order valence-corrected chi connectivity index (χ4v) is 2.59. The Morgan fingerprint density at radius 3 is 2.77 bits per heavy atom. The van der Waals surface area contributed by atoms with Gasteiger partial charge in [0.15, 0.2) is 0 Å². The van der Waals surface area contributed by atoms with Crippen molar-refractivity contribution in [2.24, 2.45) is 0 Å². The van der Waals surface area contributed by atoms with Crippen LogP contribution in [-0.4, -0.2) is 15.6 Å². The molecule has 2 aromatic heterocycles. The zero-order valence-electron chi connectivity index (χ0n) is 11.7. The highest BCUT2D eigenvalue weighted by Gasteiger charge is 2.20. The molecule has 0 unspecified atom stereocenters. The summed E-state index contributed by atoms with van der Waals surface area (Å²) in [6, 6.07) is 5.65. The number of hydrogen-bond acceptors (Lipinski definition) is 3. The minimum atomic E-state index is -1.20. The number of carboxylic acid groups (broad SMARTS) is 1. The van der Waals surface area contributed by atoms with E-state index in [1.807, 2.05) is 0 Å². The van der Waals surface area contributed by atoms with E-state index in [0.717, 1.165) is 6.07 Å². The Morgan fingerprint density at radius 2 is 2.14 bits per heavy atom. The molecular formula is C16H12FNO4. The van der Waals surface area contributed by atoms with Crippen LogP contribution in [0.4, 0.5) is 4.39 Å². The molecule has 0 saturated heterocycles. The molecule has 5 nitrogen and oxygen atoms in total. The largest absolute Gasteiger partial charge is 0.478 e. The average molecular weight is 301 g/mol. The van der Waals surface area contributed by atoms with Crippen LogP contribution < -0.4 is 5.56 Å². The second-order valence-corrected chi connectivity index (χ2v) is 4.95. The lowest BCUT2D eigenvalue weighted by Gasteiger charge is -2.14. The van der Waals surface area contributed by atoms with Crippen LogP contribution in [0.15, 0.2) is 46.0 Å². The van der Waals surface area contributed by atoms with E-state index in [-0.39, 0.29) is 28.6 Å². The van der Waals surface area contributed by atoms with Crippen LogP contribution in [0.1, 0.15) is 21.6 Å². The van der Waals surface area contributed by atoms with Gasteiger partial charge in [-0.3, -0.25) is 4.79 Å². The zero-order chi connectivity index (χ0) is 15.9. The van der Waals surface area contributed by atoms with Gasteiger partial charge in [0.1, 0.15) is 5.82 Å². The van der Waals surface area contributed by atoms with Crippen molar-refractivity contribution in [2.75, 3.05) is 0 Å². The van der Waals surface area contributed by atoms with Gasteiger partial charge in [-0.05, 0) is 19.1 Å². The molecule has 1 aromatic carbocycles.